The van der Waals surface area contributed by atoms with Crippen LogP contribution < -0.4 is 10.1 Å². The van der Waals surface area contributed by atoms with E-state index in [1.54, 1.807) is 0 Å². The lowest BCUT2D eigenvalue weighted by molar-refractivity contribution is 0.106. The Morgan fingerprint density at radius 2 is 1.42 bits per heavy atom. The van der Waals surface area contributed by atoms with Gasteiger partial charge in [-0.15, -0.1) is 0 Å². The monoisotopic (exact) mass is 415 g/mol. The number of aliphatic hydroxyl groups excluding tert-OH is 1. The van der Waals surface area contributed by atoms with Crippen molar-refractivity contribution >= 4 is 11.1 Å². The van der Waals surface area contributed by atoms with Gasteiger partial charge in [-0.2, -0.15) is 0 Å². The molecule has 0 heterocycles. The largest absolute Gasteiger partial charge is 0.491 e. The summed E-state index contributed by atoms with van der Waals surface area (Å²) in [4.78, 5) is 0. The van der Waals surface area contributed by atoms with E-state index in [4.69, 9.17) is 4.74 Å². The maximum absolute atomic E-state index is 10.1. The topological polar surface area (TPSA) is 41.5 Å². The average molecular weight is 416 g/mol. The summed E-state index contributed by atoms with van der Waals surface area (Å²) in [7, 11) is 0. The van der Waals surface area contributed by atoms with E-state index in [1.807, 2.05) is 24.3 Å². The Labute approximate surface area is 186 Å². The van der Waals surface area contributed by atoms with Crippen LogP contribution in [0.15, 0.2) is 84.9 Å². The van der Waals surface area contributed by atoms with Crippen molar-refractivity contribution < 1.29 is 9.84 Å². The Bertz CT molecular complexity index is 934. The highest BCUT2D eigenvalue weighted by Crippen LogP contribution is 2.32. The molecule has 0 aliphatic rings. The quantitative estimate of drug-likeness (QED) is 0.307. The summed E-state index contributed by atoms with van der Waals surface area (Å²) < 4.78 is 5.80. The molecular weight excluding hydrogens is 382 g/mol. The molecule has 1 atom stereocenters. The molecule has 0 aromatic heterocycles. The van der Waals surface area contributed by atoms with E-state index >= 15 is 0 Å². The Hall–Kier alpha value is -2.88. The first kappa shape index (κ1) is 22.8. The Morgan fingerprint density at radius 1 is 0.839 bits per heavy atom. The summed E-state index contributed by atoms with van der Waals surface area (Å²) in [6.07, 6.45) is 1.75. The molecule has 0 spiro atoms. The number of allylic oxidation sites excluding steroid dienone is 1. The van der Waals surface area contributed by atoms with Crippen LogP contribution in [0, 0.1) is 0 Å². The van der Waals surface area contributed by atoms with Gasteiger partial charge in [0.15, 0.2) is 0 Å². The molecule has 3 aromatic carbocycles. The molecule has 0 saturated heterocycles. The zero-order chi connectivity index (χ0) is 21.9. The minimum atomic E-state index is -0.517. The predicted molar refractivity (Wildman–Crippen MR) is 130 cm³/mol. The van der Waals surface area contributed by atoms with Gasteiger partial charge in [0.2, 0.25) is 0 Å². The van der Waals surface area contributed by atoms with Gasteiger partial charge in [-0.1, -0.05) is 86.1 Å². The van der Waals surface area contributed by atoms with E-state index in [0.29, 0.717) is 6.54 Å². The number of hydrogen-bond acceptors (Lipinski definition) is 3. The molecule has 3 aromatic rings. The van der Waals surface area contributed by atoms with Gasteiger partial charge in [-0.3, -0.25) is 0 Å². The van der Waals surface area contributed by atoms with E-state index in [-0.39, 0.29) is 6.61 Å². The van der Waals surface area contributed by atoms with Crippen LogP contribution in [-0.4, -0.2) is 30.9 Å². The molecule has 31 heavy (non-hydrogen) atoms. The second-order valence-electron chi connectivity index (χ2n) is 7.78. The van der Waals surface area contributed by atoms with Gasteiger partial charge in [0.05, 0.1) is 0 Å². The number of aliphatic hydroxyl groups is 1. The molecule has 0 bridgehead atoms. The summed E-state index contributed by atoms with van der Waals surface area (Å²) in [5, 5.41) is 13.4. The fourth-order valence-electron chi connectivity index (χ4n) is 3.58. The van der Waals surface area contributed by atoms with E-state index in [0.717, 1.165) is 30.7 Å². The lowest BCUT2D eigenvalue weighted by Gasteiger charge is -2.16. The summed E-state index contributed by atoms with van der Waals surface area (Å²) in [6.45, 7) is 6.09. The van der Waals surface area contributed by atoms with Crippen LogP contribution in [0.25, 0.3) is 11.1 Å². The van der Waals surface area contributed by atoms with E-state index < -0.39 is 6.10 Å². The number of hydrogen-bond donors (Lipinski definition) is 2. The zero-order valence-corrected chi connectivity index (χ0v) is 18.6. The third-order valence-electron chi connectivity index (χ3n) is 5.32. The predicted octanol–water partition coefficient (Wildman–Crippen LogP) is 5.80. The van der Waals surface area contributed by atoms with Crippen molar-refractivity contribution in [1.82, 2.24) is 5.32 Å². The Balaban J connectivity index is 1.75. The molecule has 3 rings (SSSR count). The van der Waals surface area contributed by atoms with Crippen LogP contribution in [0.5, 0.6) is 5.75 Å². The van der Waals surface area contributed by atoms with E-state index in [2.05, 4.69) is 79.8 Å². The van der Waals surface area contributed by atoms with Crippen molar-refractivity contribution in [2.24, 2.45) is 0 Å². The zero-order valence-electron chi connectivity index (χ0n) is 18.6. The molecule has 3 nitrogen and oxygen atoms in total. The van der Waals surface area contributed by atoms with Gasteiger partial charge >= 0.3 is 0 Å². The van der Waals surface area contributed by atoms with Crippen molar-refractivity contribution in [2.75, 3.05) is 19.7 Å². The Morgan fingerprint density at radius 3 is 2.03 bits per heavy atom. The molecular formula is C28H33NO2. The summed E-state index contributed by atoms with van der Waals surface area (Å²) in [5.41, 5.74) is 5.97. The van der Waals surface area contributed by atoms with Gasteiger partial charge in [0.1, 0.15) is 18.5 Å². The highest BCUT2D eigenvalue weighted by Gasteiger charge is 2.11. The van der Waals surface area contributed by atoms with Crippen LogP contribution in [0.3, 0.4) is 0 Å². The van der Waals surface area contributed by atoms with Gasteiger partial charge in [-0.05, 0) is 59.9 Å². The first-order chi connectivity index (χ1) is 15.2. The third-order valence-corrected chi connectivity index (χ3v) is 5.32. The standard InChI is InChI=1S/C28H33NO2/c1-3-4-19-29-20-26(30)21-31-27-17-15-25(16-18-27)28(24-13-9-6-10-14-24)22(2)23-11-7-5-8-12-23/h5-18,26,29-30H,3-4,19-21H2,1-2H3/b28-22+. The molecule has 0 aliphatic heterocycles. The summed E-state index contributed by atoms with van der Waals surface area (Å²) in [6, 6.07) is 29.1. The van der Waals surface area contributed by atoms with Crippen molar-refractivity contribution in [2.45, 2.75) is 32.8 Å². The highest BCUT2D eigenvalue weighted by molar-refractivity contribution is 5.97. The molecule has 0 aliphatic carbocycles. The average Bonchev–Trinajstić information content (AvgIpc) is 2.83. The van der Waals surface area contributed by atoms with Gasteiger partial charge in [0, 0.05) is 6.54 Å². The molecule has 1 unspecified atom stereocenters. The molecule has 0 saturated carbocycles. The minimum Gasteiger partial charge on any atom is -0.491 e. The fourth-order valence-corrected chi connectivity index (χ4v) is 3.58. The number of unbranched alkanes of at least 4 members (excludes halogenated alkanes) is 1. The second kappa shape index (κ2) is 12.1. The highest BCUT2D eigenvalue weighted by atomic mass is 16.5. The first-order valence-electron chi connectivity index (χ1n) is 11.1. The van der Waals surface area contributed by atoms with Gasteiger partial charge in [-0.25, -0.2) is 0 Å². The molecule has 2 N–H and O–H groups in total. The van der Waals surface area contributed by atoms with Gasteiger partial charge in [0.25, 0.3) is 0 Å². The molecule has 162 valence electrons. The number of rotatable bonds is 11. The van der Waals surface area contributed by atoms with Crippen LogP contribution in [-0.2, 0) is 0 Å². The van der Waals surface area contributed by atoms with Crippen molar-refractivity contribution in [3.8, 4) is 5.75 Å². The van der Waals surface area contributed by atoms with Crippen LogP contribution in [0.2, 0.25) is 0 Å². The number of ether oxygens (including phenoxy) is 1. The lowest BCUT2D eigenvalue weighted by atomic mass is 9.90. The van der Waals surface area contributed by atoms with Crippen LogP contribution >= 0.6 is 0 Å². The summed E-state index contributed by atoms with van der Waals surface area (Å²) >= 11 is 0. The molecule has 0 amide bonds. The maximum Gasteiger partial charge on any atom is 0.119 e. The minimum absolute atomic E-state index is 0.281. The van der Waals surface area contributed by atoms with Crippen LogP contribution in [0.4, 0.5) is 0 Å². The fraction of sp³-hybridized carbons (Fsp3) is 0.286. The van der Waals surface area contributed by atoms with Crippen molar-refractivity contribution in [3.05, 3.63) is 102 Å². The summed E-state index contributed by atoms with van der Waals surface area (Å²) in [5.74, 6) is 0.765. The number of benzene rings is 3. The normalized spacial score (nSPS) is 12.9. The first-order valence-corrected chi connectivity index (χ1v) is 11.1. The van der Waals surface area contributed by atoms with E-state index in [9.17, 15) is 5.11 Å². The molecule has 0 fully saturated rings. The lowest BCUT2D eigenvalue weighted by Crippen LogP contribution is -2.31. The maximum atomic E-state index is 10.1. The SMILES string of the molecule is CCCCNCC(O)COc1ccc(/C(=C(\C)c2ccccc2)c2ccccc2)cc1. The smallest absolute Gasteiger partial charge is 0.119 e. The van der Waals surface area contributed by atoms with Crippen molar-refractivity contribution in [1.29, 1.82) is 0 Å². The van der Waals surface area contributed by atoms with Gasteiger partial charge < -0.3 is 15.2 Å². The third kappa shape index (κ3) is 6.81. The van der Waals surface area contributed by atoms with E-state index in [1.165, 1.54) is 22.3 Å². The second-order valence-corrected chi connectivity index (χ2v) is 7.78. The van der Waals surface area contributed by atoms with Crippen molar-refractivity contribution in [3.63, 3.8) is 0 Å². The molecule has 0 radical (unpaired) electrons. The number of nitrogens with one attached hydrogen (secondary N) is 1. The Kier molecular flexibility index (Phi) is 8.89. The molecule has 3 heteroatoms. The van der Waals surface area contributed by atoms with Crippen LogP contribution in [0.1, 0.15) is 43.4 Å².